The highest BCUT2D eigenvalue weighted by Crippen LogP contribution is 2.19. The van der Waals surface area contributed by atoms with Crippen LogP contribution in [0.5, 0.6) is 5.75 Å². The third-order valence-electron chi connectivity index (χ3n) is 1.30. The van der Waals surface area contributed by atoms with E-state index in [-0.39, 0.29) is 6.61 Å². The number of rotatable bonds is 4. The number of ether oxygens (including phenoxy) is 1. The Bertz CT molecular complexity index is 291. The lowest BCUT2D eigenvalue weighted by molar-refractivity contribution is -0.136. The summed E-state index contributed by atoms with van der Waals surface area (Å²) >= 11 is 0. The fraction of sp³-hybridized carbons (Fsp3) is 0.125. The van der Waals surface area contributed by atoms with Crippen LogP contribution >= 0.6 is 8.53 Å². The summed E-state index contributed by atoms with van der Waals surface area (Å²) in [5.41, 5.74) is 4.88. The standard InChI is InChI=1S/C8H10NO4P/c9-14(11)13-8(10)6-12-7-4-2-1-3-5-7/h1-5,11H,6,9H2. The number of carbonyl (C=O) groups is 1. The molecule has 1 aromatic carbocycles. The van der Waals surface area contributed by atoms with Gasteiger partial charge in [-0.1, -0.05) is 18.2 Å². The lowest BCUT2D eigenvalue weighted by atomic mass is 10.3. The topological polar surface area (TPSA) is 81.8 Å². The van der Waals surface area contributed by atoms with E-state index in [0.717, 1.165) is 0 Å². The van der Waals surface area contributed by atoms with Crippen molar-refractivity contribution in [3.8, 4) is 5.75 Å². The van der Waals surface area contributed by atoms with Crippen LogP contribution in [-0.2, 0) is 9.32 Å². The third-order valence-corrected chi connectivity index (χ3v) is 1.69. The Balaban J connectivity index is 2.31. The lowest BCUT2D eigenvalue weighted by Gasteiger charge is -2.06. The third kappa shape index (κ3) is 4.18. The minimum atomic E-state index is -2.15. The number of hydrogen-bond donors (Lipinski definition) is 2. The van der Waals surface area contributed by atoms with Gasteiger partial charge in [0, 0.05) is 0 Å². The van der Waals surface area contributed by atoms with Crippen molar-refractivity contribution >= 4 is 14.5 Å². The van der Waals surface area contributed by atoms with Gasteiger partial charge >= 0.3 is 14.5 Å². The summed E-state index contributed by atoms with van der Waals surface area (Å²) in [6, 6.07) is 8.80. The van der Waals surface area contributed by atoms with E-state index in [4.69, 9.17) is 15.1 Å². The van der Waals surface area contributed by atoms with Gasteiger partial charge in [0.15, 0.2) is 6.61 Å². The van der Waals surface area contributed by atoms with Gasteiger partial charge in [-0.05, 0) is 12.1 Å². The van der Waals surface area contributed by atoms with Gasteiger partial charge < -0.3 is 14.2 Å². The van der Waals surface area contributed by atoms with Crippen molar-refractivity contribution in [3.63, 3.8) is 0 Å². The highest BCUT2D eigenvalue weighted by atomic mass is 31.2. The van der Waals surface area contributed by atoms with Gasteiger partial charge in [0.2, 0.25) is 0 Å². The molecule has 14 heavy (non-hydrogen) atoms. The molecule has 0 aliphatic carbocycles. The van der Waals surface area contributed by atoms with E-state index in [9.17, 15) is 4.79 Å². The van der Waals surface area contributed by atoms with Crippen LogP contribution in [0.3, 0.4) is 0 Å². The van der Waals surface area contributed by atoms with Crippen LogP contribution in [-0.4, -0.2) is 17.5 Å². The van der Waals surface area contributed by atoms with Crippen molar-refractivity contribution in [2.75, 3.05) is 6.61 Å². The second-order valence-corrected chi connectivity index (χ2v) is 3.16. The van der Waals surface area contributed by atoms with Crippen LogP contribution < -0.4 is 10.2 Å². The molecule has 0 amide bonds. The smallest absolute Gasteiger partial charge is 0.349 e. The van der Waals surface area contributed by atoms with Crippen molar-refractivity contribution < 1.29 is 18.9 Å². The van der Waals surface area contributed by atoms with E-state index in [0.29, 0.717) is 5.75 Å². The molecule has 5 nitrogen and oxygen atoms in total. The Labute approximate surface area is 82.4 Å². The van der Waals surface area contributed by atoms with E-state index >= 15 is 0 Å². The number of hydrogen-bond acceptors (Lipinski definition) is 5. The minimum absolute atomic E-state index is 0.263. The monoisotopic (exact) mass is 215 g/mol. The predicted octanol–water partition coefficient (Wildman–Crippen LogP) is 0.786. The largest absolute Gasteiger partial charge is 0.482 e. The van der Waals surface area contributed by atoms with Crippen molar-refractivity contribution in [2.45, 2.75) is 0 Å². The average Bonchev–Trinajstić information content (AvgIpc) is 2.15. The Kier molecular flexibility index (Phi) is 4.32. The van der Waals surface area contributed by atoms with Crippen LogP contribution in [0.15, 0.2) is 30.3 Å². The number of benzene rings is 1. The van der Waals surface area contributed by atoms with Crippen LogP contribution in [0.1, 0.15) is 0 Å². The van der Waals surface area contributed by atoms with E-state index in [1.54, 1.807) is 24.3 Å². The van der Waals surface area contributed by atoms with Gasteiger partial charge in [-0.2, -0.15) is 0 Å². The molecule has 0 fully saturated rings. The molecule has 3 N–H and O–H groups in total. The fourth-order valence-electron chi connectivity index (χ4n) is 0.790. The molecular formula is C8H10NO4P. The van der Waals surface area contributed by atoms with Crippen LogP contribution in [0.2, 0.25) is 0 Å². The Morgan fingerprint density at radius 3 is 2.64 bits per heavy atom. The van der Waals surface area contributed by atoms with E-state index in [2.05, 4.69) is 4.52 Å². The van der Waals surface area contributed by atoms with Gasteiger partial charge in [-0.15, -0.1) is 0 Å². The van der Waals surface area contributed by atoms with Gasteiger partial charge in [0.25, 0.3) is 0 Å². The van der Waals surface area contributed by atoms with Crippen LogP contribution in [0.4, 0.5) is 0 Å². The maximum absolute atomic E-state index is 10.9. The maximum atomic E-state index is 10.9. The molecule has 76 valence electrons. The number of nitrogens with two attached hydrogens (primary N) is 1. The summed E-state index contributed by atoms with van der Waals surface area (Å²) in [6.45, 7) is -0.263. The highest BCUT2D eigenvalue weighted by Gasteiger charge is 2.08. The molecule has 0 saturated heterocycles. The molecule has 0 aromatic heterocycles. The van der Waals surface area contributed by atoms with Crippen molar-refractivity contribution in [1.82, 2.24) is 0 Å². The molecule has 0 aliphatic heterocycles. The van der Waals surface area contributed by atoms with E-state index in [1.165, 1.54) is 0 Å². The second-order valence-electron chi connectivity index (χ2n) is 2.37. The highest BCUT2D eigenvalue weighted by molar-refractivity contribution is 7.44. The number of carbonyl (C=O) groups excluding carboxylic acids is 1. The summed E-state index contributed by atoms with van der Waals surface area (Å²) in [5.74, 6) is -0.131. The first-order valence-electron chi connectivity index (χ1n) is 3.81. The maximum Gasteiger partial charge on any atom is 0.349 e. The molecule has 1 unspecified atom stereocenters. The molecule has 1 atom stereocenters. The van der Waals surface area contributed by atoms with Crippen LogP contribution in [0.25, 0.3) is 0 Å². The summed E-state index contributed by atoms with van der Waals surface area (Å²) in [7, 11) is -2.15. The molecular weight excluding hydrogens is 205 g/mol. The molecule has 6 heteroatoms. The first-order valence-corrected chi connectivity index (χ1v) is 5.09. The van der Waals surface area contributed by atoms with E-state index in [1.807, 2.05) is 6.07 Å². The zero-order chi connectivity index (χ0) is 10.4. The summed E-state index contributed by atoms with van der Waals surface area (Å²) in [4.78, 5) is 19.4. The van der Waals surface area contributed by atoms with Crippen molar-refractivity contribution in [1.29, 1.82) is 0 Å². The fourth-order valence-corrected chi connectivity index (χ4v) is 1.05. The molecule has 0 saturated carbocycles. The molecule has 0 heterocycles. The molecule has 0 bridgehead atoms. The van der Waals surface area contributed by atoms with Gasteiger partial charge in [-0.25, -0.2) is 4.79 Å². The summed E-state index contributed by atoms with van der Waals surface area (Å²) < 4.78 is 9.34. The van der Waals surface area contributed by atoms with Crippen molar-refractivity contribution in [2.24, 2.45) is 5.50 Å². The molecule has 1 rings (SSSR count). The van der Waals surface area contributed by atoms with Gasteiger partial charge in [0.1, 0.15) is 5.75 Å². The Hall–Kier alpha value is -1.16. The summed E-state index contributed by atoms with van der Waals surface area (Å²) in [6.07, 6.45) is 0. The second kappa shape index (κ2) is 5.54. The zero-order valence-electron chi connectivity index (χ0n) is 7.29. The minimum Gasteiger partial charge on any atom is -0.482 e. The SMILES string of the molecule is NP(O)OC(=O)COc1ccccc1. The van der Waals surface area contributed by atoms with E-state index < -0.39 is 14.5 Å². The van der Waals surface area contributed by atoms with Crippen LogP contribution in [0, 0.1) is 0 Å². The predicted molar refractivity (Wildman–Crippen MR) is 51.4 cm³/mol. The summed E-state index contributed by atoms with van der Waals surface area (Å²) in [5, 5.41) is 0. The van der Waals surface area contributed by atoms with Gasteiger partial charge in [0.05, 0.1) is 0 Å². The lowest BCUT2D eigenvalue weighted by Crippen LogP contribution is -2.13. The zero-order valence-corrected chi connectivity index (χ0v) is 8.18. The Morgan fingerprint density at radius 1 is 1.43 bits per heavy atom. The average molecular weight is 215 g/mol. The normalized spacial score (nSPS) is 11.9. The first-order chi connectivity index (χ1) is 6.68. The first kappa shape index (κ1) is 10.9. The molecule has 0 aliphatic rings. The van der Waals surface area contributed by atoms with Gasteiger partial charge in [-0.3, -0.25) is 5.50 Å². The quantitative estimate of drug-likeness (QED) is 0.725. The van der Waals surface area contributed by atoms with Crippen molar-refractivity contribution in [3.05, 3.63) is 30.3 Å². The Morgan fingerprint density at radius 2 is 2.07 bits per heavy atom. The molecule has 0 spiro atoms. The molecule has 1 aromatic rings. The number of para-hydroxylation sites is 1. The molecule has 0 radical (unpaired) electrons.